The van der Waals surface area contributed by atoms with Crippen LogP contribution in [-0.4, -0.2) is 6.61 Å². The Hall–Kier alpha value is -1.24. The minimum Gasteiger partial charge on any atom is -0.494 e. The minimum atomic E-state index is 0.621. The highest BCUT2D eigenvalue weighted by molar-refractivity contribution is 5.43. The van der Waals surface area contributed by atoms with Crippen molar-refractivity contribution >= 4 is 0 Å². The summed E-state index contributed by atoms with van der Waals surface area (Å²) >= 11 is 0. The first-order valence-corrected chi connectivity index (χ1v) is 6.99. The van der Waals surface area contributed by atoms with Crippen molar-refractivity contribution in [3.63, 3.8) is 0 Å². The lowest BCUT2D eigenvalue weighted by Crippen LogP contribution is -2.02. The Morgan fingerprint density at radius 3 is 2.44 bits per heavy atom. The van der Waals surface area contributed by atoms with E-state index in [9.17, 15) is 0 Å². The fraction of sp³-hybridized carbons (Fsp3) is 0.529. The van der Waals surface area contributed by atoms with Gasteiger partial charge in [0.1, 0.15) is 5.75 Å². The van der Waals surface area contributed by atoms with Crippen molar-refractivity contribution in [2.75, 3.05) is 6.61 Å². The predicted molar refractivity (Wildman–Crippen MR) is 79.5 cm³/mol. The topological polar surface area (TPSA) is 9.23 Å². The maximum atomic E-state index is 5.65. The monoisotopic (exact) mass is 246 g/mol. The minimum absolute atomic E-state index is 0.621. The molecule has 0 bridgehead atoms. The molecule has 1 unspecified atom stereocenters. The molecule has 1 rings (SSSR count). The highest BCUT2D eigenvalue weighted by Crippen LogP contribution is 2.31. The second kappa shape index (κ2) is 7.25. The first-order chi connectivity index (χ1) is 8.63. The number of rotatable bonds is 6. The third-order valence-electron chi connectivity index (χ3n) is 3.45. The van der Waals surface area contributed by atoms with Gasteiger partial charge in [0, 0.05) is 0 Å². The summed E-state index contributed by atoms with van der Waals surface area (Å²) in [5, 5.41) is 0. The van der Waals surface area contributed by atoms with Crippen LogP contribution in [0.15, 0.2) is 24.3 Å². The van der Waals surface area contributed by atoms with Crippen LogP contribution in [0.3, 0.4) is 0 Å². The van der Waals surface area contributed by atoms with Gasteiger partial charge in [0.2, 0.25) is 0 Å². The fourth-order valence-electron chi connectivity index (χ4n) is 2.38. The van der Waals surface area contributed by atoms with Gasteiger partial charge in [-0.3, -0.25) is 0 Å². The summed E-state index contributed by atoms with van der Waals surface area (Å²) in [6, 6.07) is 4.49. The van der Waals surface area contributed by atoms with Gasteiger partial charge in [-0.2, -0.15) is 0 Å². The highest BCUT2D eigenvalue weighted by atomic mass is 16.5. The smallest absolute Gasteiger partial charge is 0.122 e. The van der Waals surface area contributed by atoms with Crippen molar-refractivity contribution in [1.82, 2.24) is 0 Å². The number of hydrogen-bond donors (Lipinski definition) is 0. The average molecular weight is 246 g/mol. The highest BCUT2D eigenvalue weighted by Gasteiger charge is 2.13. The summed E-state index contributed by atoms with van der Waals surface area (Å²) in [5.41, 5.74) is 4.06. The molecule has 0 aliphatic rings. The van der Waals surface area contributed by atoms with Crippen LogP contribution in [0.5, 0.6) is 5.75 Å². The first kappa shape index (κ1) is 14.8. The summed E-state index contributed by atoms with van der Waals surface area (Å²) < 4.78 is 5.65. The lowest BCUT2D eigenvalue weighted by atomic mass is 9.88. The van der Waals surface area contributed by atoms with Crippen molar-refractivity contribution in [2.45, 2.75) is 53.4 Å². The molecule has 0 N–H and O–H groups in total. The van der Waals surface area contributed by atoms with E-state index in [0.717, 1.165) is 18.8 Å². The van der Waals surface area contributed by atoms with E-state index in [1.54, 1.807) is 0 Å². The second-order valence-electron chi connectivity index (χ2n) is 4.82. The molecule has 1 aromatic rings. The molecule has 0 radical (unpaired) electrons. The van der Waals surface area contributed by atoms with Gasteiger partial charge in [-0.15, -0.1) is 0 Å². The first-order valence-electron chi connectivity index (χ1n) is 6.99. The van der Waals surface area contributed by atoms with Gasteiger partial charge in [0.15, 0.2) is 0 Å². The van der Waals surface area contributed by atoms with E-state index in [4.69, 9.17) is 4.74 Å². The zero-order valence-corrected chi connectivity index (χ0v) is 12.4. The van der Waals surface area contributed by atoms with E-state index in [1.165, 1.54) is 23.1 Å². The van der Waals surface area contributed by atoms with Gasteiger partial charge >= 0.3 is 0 Å². The van der Waals surface area contributed by atoms with Gasteiger partial charge in [0.25, 0.3) is 0 Å². The largest absolute Gasteiger partial charge is 0.494 e. The molecule has 100 valence electrons. The molecule has 0 heterocycles. The maximum absolute atomic E-state index is 5.65. The molecule has 18 heavy (non-hydrogen) atoms. The normalized spacial score (nSPS) is 12.9. The average Bonchev–Trinajstić information content (AvgIpc) is 2.36. The van der Waals surface area contributed by atoms with E-state index in [-0.39, 0.29) is 0 Å². The Morgan fingerprint density at radius 1 is 1.17 bits per heavy atom. The van der Waals surface area contributed by atoms with Crippen LogP contribution in [0.25, 0.3) is 0 Å². The fourth-order valence-corrected chi connectivity index (χ4v) is 2.38. The molecule has 1 aromatic carbocycles. The molecule has 1 atom stereocenters. The Bertz CT molecular complexity index is 404. The Balaban J connectivity index is 3.04. The van der Waals surface area contributed by atoms with Crippen molar-refractivity contribution in [1.29, 1.82) is 0 Å². The van der Waals surface area contributed by atoms with E-state index in [0.29, 0.717) is 5.92 Å². The van der Waals surface area contributed by atoms with Crippen molar-refractivity contribution in [2.24, 2.45) is 0 Å². The van der Waals surface area contributed by atoms with E-state index < -0.39 is 0 Å². The Morgan fingerprint density at radius 2 is 1.89 bits per heavy atom. The van der Waals surface area contributed by atoms with Gasteiger partial charge in [-0.25, -0.2) is 0 Å². The van der Waals surface area contributed by atoms with Crippen LogP contribution in [0.1, 0.15) is 56.2 Å². The third-order valence-corrected chi connectivity index (χ3v) is 3.45. The lowest BCUT2D eigenvalue weighted by molar-refractivity contribution is 0.337. The second-order valence-corrected chi connectivity index (χ2v) is 4.82. The van der Waals surface area contributed by atoms with Gasteiger partial charge < -0.3 is 4.74 Å². The molecule has 0 saturated heterocycles. The number of ether oxygens (including phenoxy) is 1. The quantitative estimate of drug-likeness (QED) is 0.630. The lowest BCUT2D eigenvalue weighted by Gasteiger charge is -2.19. The molecule has 0 aliphatic heterocycles. The third kappa shape index (κ3) is 3.63. The molecule has 0 saturated carbocycles. The van der Waals surface area contributed by atoms with E-state index in [2.05, 4.69) is 52.0 Å². The molecule has 1 heteroatoms. The Labute approximate surface area is 112 Å². The van der Waals surface area contributed by atoms with Gasteiger partial charge in [-0.05, 0) is 69.2 Å². The SMILES string of the molecule is C/C=C\CC(CC)c1cc(C)c(OCC)cc1C. The summed E-state index contributed by atoms with van der Waals surface area (Å²) in [6.07, 6.45) is 6.71. The molecule has 0 aliphatic carbocycles. The number of allylic oxidation sites excluding steroid dienone is 2. The predicted octanol–water partition coefficient (Wildman–Crippen LogP) is 5.16. The van der Waals surface area contributed by atoms with E-state index >= 15 is 0 Å². The molecule has 1 nitrogen and oxygen atoms in total. The van der Waals surface area contributed by atoms with Crippen LogP contribution in [0.2, 0.25) is 0 Å². The molecule has 0 amide bonds. The van der Waals surface area contributed by atoms with Gasteiger partial charge in [-0.1, -0.05) is 25.1 Å². The summed E-state index contributed by atoms with van der Waals surface area (Å²) in [5.74, 6) is 1.65. The molecular formula is C17H26O. The van der Waals surface area contributed by atoms with Crippen LogP contribution in [-0.2, 0) is 0 Å². The molecule has 0 aromatic heterocycles. The Kier molecular flexibility index (Phi) is 5.97. The zero-order valence-electron chi connectivity index (χ0n) is 12.4. The summed E-state index contributed by atoms with van der Waals surface area (Å²) in [4.78, 5) is 0. The van der Waals surface area contributed by atoms with Crippen LogP contribution in [0, 0.1) is 13.8 Å². The zero-order chi connectivity index (χ0) is 13.5. The van der Waals surface area contributed by atoms with Crippen molar-refractivity contribution in [3.05, 3.63) is 41.0 Å². The van der Waals surface area contributed by atoms with Crippen LogP contribution in [0.4, 0.5) is 0 Å². The van der Waals surface area contributed by atoms with Crippen molar-refractivity contribution in [3.8, 4) is 5.75 Å². The standard InChI is InChI=1S/C17H26O/c1-6-9-10-15(7-2)16-11-14(5)17(18-8-3)12-13(16)4/h6,9,11-12,15H,7-8,10H2,1-5H3/b9-6-. The molecule has 0 spiro atoms. The van der Waals surface area contributed by atoms with Crippen LogP contribution >= 0.6 is 0 Å². The molecular weight excluding hydrogens is 220 g/mol. The van der Waals surface area contributed by atoms with Crippen molar-refractivity contribution < 1.29 is 4.74 Å². The number of aryl methyl sites for hydroxylation is 2. The van der Waals surface area contributed by atoms with Gasteiger partial charge in [0.05, 0.1) is 6.61 Å². The maximum Gasteiger partial charge on any atom is 0.122 e. The van der Waals surface area contributed by atoms with E-state index in [1.807, 2.05) is 6.92 Å². The number of benzene rings is 1. The summed E-state index contributed by atoms with van der Waals surface area (Å²) in [6.45, 7) is 11.4. The number of hydrogen-bond acceptors (Lipinski definition) is 1. The molecule has 0 fully saturated rings. The van der Waals surface area contributed by atoms with Crippen LogP contribution < -0.4 is 4.74 Å². The summed E-state index contributed by atoms with van der Waals surface area (Å²) in [7, 11) is 0.